The zero-order chi connectivity index (χ0) is 11.6. The molecule has 0 atom stereocenters. The minimum Gasteiger partial charge on any atom is -0.489 e. The molecule has 0 saturated carbocycles. The second kappa shape index (κ2) is 4.10. The molecule has 2 N–H and O–H groups in total. The summed E-state index contributed by atoms with van der Waals surface area (Å²) in [5, 5.41) is 1.08. The normalized spacial score (nSPS) is 11.7. The van der Waals surface area contributed by atoms with E-state index in [0.29, 0.717) is 6.61 Å². The van der Waals surface area contributed by atoms with E-state index in [1.54, 1.807) is 6.20 Å². The van der Waals surface area contributed by atoms with Crippen LogP contribution in [0, 0.1) is 0 Å². The number of pyridine rings is 1. The average molecular weight is 216 g/mol. The van der Waals surface area contributed by atoms with Gasteiger partial charge in [-0.1, -0.05) is 18.2 Å². The van der Waals surface area contributed by atoms with Crippen molar-refractivity contribution in [1.29, 1.82) is 0 Å². The van der Waals surface area contributed by atoms with Crippen molar-refractivity contribution in [2.24, 2.45) is 5.73 Å². The van der Waals surface area contributed by atoms with Crippen LogP contribution < -0.4 is 10.5 Å². The molecule has 2 aromatic rings. The molecule has 2 rings (SSSR count). The van der Waals surface area contributed by atoms with Gasteiger partial charge in [0.1, 0.15) is 17.9 Å². The van der Waals surface area contributed by atoms with Gasteiger partial charge in [-0.3, -0.25) is 4.98 Å². The van der Waals surface area contributed by atoms with Gasteiger partial charge in [0.05, 0.1) is 0 Å². The van der Waals surface area contributed by atoms with Crippen LogP contribution in [0.3, 0.4) is 0 Å². The molecule has 0 radical (unpaired) electrons. The van der Waals surface area contributed by atoms with Crippen molar-refractivity contribution in [1.82, 2.24) is 4.98 Å². The van der Waals surface area contributed by atoms with Crippen LogP contribution in [0.4, 0.5) is 0 Å². The molecule has 1 aromatic heterocycles. The molecule has 0 aliphatic heterocycles. The van der Waals surface area contributed by atoms with E-state index in [1.807, 2.05) is 44.2 Å². The van der Waals surface area contributed by atoms with Crippen LogP contribution >= 0.6 is 0 Å². The molecule has 0 aliphatic rings. The summed E-state index contributed by atoms with van der Waals surface area (Å²) in [4.78, 5) is 4.32. The topological polar surface area (TPSA) is 48.1 Å². The summed E-state index contributed by atoms with van der Waals surface area (Å²) in [7, 11) is 0. The van der Waals surface area contributed by atoms with E-state index in [-0.39, 0.29) is 5.54 Å². The molecule has 0 fully saturated rings. The molecular weight excluding hydrogens is 200 g/mol. The summed E-state index contributed by atoms with van der Waals surface area (Å²) in [6.07, 6.45) is 1.77. The van der Waals surface area contributed by atoms with Crippen molar-refractivity contribution >= 4 is 10.9 Å². The van der Waals surface area contributed by atoms with Crippen LogP contribution in [0.25, 0.3) is 10.9 Å². The summed E-state index contributed by atoms with van der Waals surface area (Å²) in [5.74, 6) is 0.789. The molecule has 0 amide bonds. The van der Waals surface area contributed by atoms with Crippen LogP contribution in [0.15, 0.2) is 36.5 Å². The third-order valence-electron chi connectivity index (χ3n) is 2.20. The minimum atomic E-state index is -0.336. The lowest BCUT2D eigenvalue weighted by Gasteiger charge is -2.19. The number of benzene rings is 1. The predicted molar refractivity (Wildman–Crippen MR) is 65.5 cm³/mol. The Morgan fingerprint density at radius 2 is 2.00 bits per heavy atom. The molecule has 1 aromatic carbocycles. The Balaban J connectivity index is 2.30. The first kappa shape index (κ1) is 10.9. The van der Waals surface area contributed by atoms with Crippen LogP contribution in [-0.4, -0.2) is 17.1 Å². The Hall–Kier alpha value is -1.61. The fourth-order valence-electron chi connectivity index (χ4n) is 1.46. The molecule has 1 heterocycles. The summed E-state index contributed by atoms with van der Waals surface area (Å²) < 4.78 is 5.70. The number of fused-ring (bicyclic) bond motifs is 1. The molecule has 0 spiro atoms. The Morgan fingerprint density at radius 3 is 2.75 bits per heavy atom. The van der Waals surface area contributed by atoms with Crippen molar-refractivity contribution in [3.8, 4) is 5.75 Å². The maximum Gasteiger partial charge on any atom is 0.145 e. The minimum absolute atomic E-state index is 0.336. The van der Waals surface area contributed by atoms with E-state index in [9.17, 15) is 0 Å². The SMILES string of the molecule is CC(C)(N)COc1cccc2cccnc12. The highest BCUT2D eigenvalue weighted by Gasteiger charge is 2.12. The van der Waals surface area contributed by atoms with E-state index in [1.165, 1.54) is 0 Å². The quantitative estimate of drug-likeness (QED) is 0.856. The smallest absolute Gasteiger partial charge is 0.145 e. The summed E-state index contributed by atoms with van der Waals surface area (Å²) in [6.45, 7) is 4.35. The maximum absolute atomic E-state index is 5.88. The summed E-state index contributed by atoms with van der Waals surface area (Å²) in [5.41, 5.74) is 6.43. The Morgan fingerprint density at radius 1 is 1.25 bits per heavy atom. The van der Waals surface area contributed by atoms with E-state index >= 15 is 0 Å². The number of nitrogens with two attached hydrogens (primary N) is 1. The number of rotatable bonds is 3. The molecule has 0 bridgehead atoms. The van der Waals surface area contributed by atoms with Gasteiger partial charge in [0.25, 0.3) is 0 Å². The highest BCUT2D eigenvalue weighted by Crippen LogP contribution is 2.23. The molecule has 0 aliphatic carbocycles. The van der Waals surface area contributed by atoms with Gasteiger partial charge in [-0.2, -0.15) is 0 Å². The fraction of sp³-hybridized carbons (Fsp3) is 0.308. The van der Waals surface area contributed by atoms with Crippen LogP contribution in [0.1, 0.15) is 13.8 Å². The van der Waals surface area contributed by atoms with E-state index < -0.39 is 0 Å². The highest BCUT2D eigenvalue weighted by molar-refractivity contribution is 5.84. The zero-order valence-corrected chi connectivity index (χ0v) is 9.60. The van der Waals surface area contributed by atoms with Gasteiger partial charge in [-0.25, -0.2) is 0 Å². The van der Waals surface area contributed by atoms with Gasteiger partial charge in [-0.15, -0.1) is 0 Å². The Kier molecular flexibility index (Phi) is 2.79. The number of ether oxygens (including phenoxy) is 1. The first-order valence-electron chi connectivity index (χ1n) is 5.32. The van der Waals surface area contributed by atoms with Crippen molar-refractivity contribution < 1.29 is 4.74 Å². The number of nitrogens with zero attached hydrogens (tertiary/aromatic N) is 1. The van der Waals surface area contributed by atoms with Crippen molar-refractivity contribution in [2.75, 3.05) is 6.61 Å². The average Bonchev–Trinajstić information content (AvgIpc) is 2.25. The van der Waals surface area contributed by atoms with Crippen molar-refractivity contribution in [2.45, 2.75) is 19.4 Å². The summed E-state index contributed by atoms with van der Waals surface area (Å²) in [6, 6.07) is 9.83. The number of aromatic nitrogens is 1. The molecular formula is C13H16N2O. The van der Waals surface area contributed by atoms with E-state index in [0.717, 1.165) is 16.7 Å². The number of para-hydroxylation sites is 1. The third-order valence-corrected chi connectivity index (χ3v) is 2.20. The second-order valence-corrected chi connectivity index (χ2v) is 4.61. The number of hydrogen-bond acceptors (Lipinski definition) is 3. The Bertz CT molecular complexity index is 483. The zero-order valence-electron chi connectivity index (χ0n) is 9.60. The van der Waals surface area contributed by atoms with Gasteiger partial charge >= 0.3 is 0 Å². The largest absolute Gasteiger partial charge is 0.489 e. The molecule has 84 valence electrons. The molecule has 3 heteroatoms. The van der Waals surface area contributed by atoms with Gasteiger partial charge in [-0.05, 0) is 26.0 Å². The van der Waals surface area contributed by atoms with Gasteiger partial charge in [0.2, 0.25) is 0 Å². The van der Waals surface area contributed by atoms with Crippen LogP contribution in [0.5, 0.6) is 5.75 Å². The standard InChI is InChI=1S/C13H16N2O/c1-13(2,14)9-16-11-7-3-5-10-6-4-8-15-12(10)11/h3-8H,9,14H2,1-2H3. The first-order valence-corrected chi connectivity index (χ1v) is 5.32. The lowest BCUT2D eigenvalue weighted by atomic mass is 10.1. The van der Waals surface area contributed by atoms with Gasteiger partial charge in [0.15, 0.2) is 0 Å². The summed E-state index contributed by atoms with van der Waals surface area (Å²) >= 11 is 0. The molecule has 0 unspecified atom stereocenters. The third kappa shape index (κ3) is 2.49. The van der Waals surface area contributed by atoms with Crippen molar-refractivity contribution in [3.63, 3.8) is 0 Å². The van der Waals surface area contributed by atoms with E-state index in [4.69, 9.17) is 10.5 Å². The van der Waals surface area contributed by atoms with Crippen LogP contribution in [-0.2, 0) is 0 Å². The van der Waals surface area contributed by atoms with Gasteiger partial charge < -0.3 is 10.5 Å². The van der Waals surface area contributed by atoms with Crippen LogP contribution in [0.2, 0.25) is 0 Å². The van der Waals surface area contributed by atoms with Crippen molar-refractivity contribution in [3.05, 3.63) is 36.5 Å². The van der Waals surface area contributed by atoms with Gasteiger partial charge in [0, 0.05) is 17.1 Å². The lowest BCUT2D eigenvalue weighted by molar-refractivity contribution is 0.245. The second-order valence-electron chi connectivity index (χ2n) is 4.61. The molecule has 0 saturated heterocycles. The molecule has 3 nitrogen and oxygen atoms in total. The maximum atomic E-state index is 5.88. The fourth-order valence-corrected chi connectivity index (χ4v) is 1.46. The molecule has 16 heavy (non-hydrogen) atoms. The first-order chi connectivity index (χ1) is 7.56. The number of hydrogen-bond donors (Lipinski definition) is 1. The highest BCUT2D eigenvalue weighted by atomic mass is 16.5. The van der Waals surface area contributed by atoms with E-state index in [2.05, 4.69) is 4.98 Å². The monoisotopic (exact) mass is 216 g/mol. The Labute approximate surface area is 95.2 Å². The predicted octanol–water partition coefficient (Wildman–Crippen LogP) is 2.35. The lowest BCUT2D eigenvalue weighted by Crippen LogP contribution is -2.38.